The highest BCUT2D eigenvalue weighted by Crippen LogP contribution is 2.30. The Labute approximate surface area is 150 Å². The van der Waals surface area contributed by atoms with Crippen molar-refractivity contribution in [2.75, 3.05) is 26.7 Å². The molecule has 0 bridgehead atoms. The van der Waals surface area contributed by atoms with Crippen LogP contribution in [-0.2, 0) is 14.8 Å². The molecule has 140 valence electrons. The number of nitrogens with zero attached hydrogens (tertiary/aromatic N) is 1. The van der Waals surface area contributed by atoms with Gasteiger partial charge < -0.3 is 10.1 Å². The van der Waals surface area contributed by atoms with Crippen molar-refractivity contribution < 1.29 is 17.9 Å². The van der Waals surface area contributed by atoms with Gasteiger partial charge in [0.1, 0.15) is 10.6 Å². The molecule has 25 heavy (non-hydrogen) atoms. The number of piperidine rings is 1. The number of ether oxygens (including phenoxy) is 1. The van der Waals surface area contributed by atoms with Crippen molar-refractivity contribution in [3.8, 4) is 5.75 Å². The van der Waals surface area contributed by atoms with E-state index in [4.69, 9.17) is 4.74 Å². The number of carbonyl (C=O) groups excluding carboxylic acids is 1. The average molecular weight is 368 g/mol. The summed E-state index contributed by atoms with van der Waals surface area (Å²) in [6, 6.07) is 5.13. The van der Waals surface area contributed by atoms with Crippen LogP contribution in [0.25, 0.3) is 0 Å². The van der Waals surface area contributed by atoms with Crippen LogP contribution in [0.4, 0.5) is 0 Å². The third-order valence-electron chi connectivity index (χ3n) is 4.45. The van der Waals surface area contributed by atoms with Crippen LogP contribution in [-0.4, -0.2) is 45.4 Å². The Kier molecular flexibility index (Phi) is 6.46. The maximum Gasteiger partial charge on any atom is 0.246 e. The number of methoxy groups -OCH3 is 1. The van der Waals surface area contributed by atoms with E-state index in [0.29, 0.717) is 44.1 Å². The summed E-state index contributed by atoms with van der Waals surface area (Å²) in [5.41, 5.74) is 0.863. The zero-order valence-corrected chi connectivity index (χ0v) is 16.2. The van der Waals surface area contributed by atoms with Gasteiger partial charge in [0.25, 0.3) is 0 Å². The second-order valence-corrected chi connectivity index (χ2v) is 8.88. The van der Waals surface area contributed by atoms with E-state index in [1.54, 1.807) is 12.1 Å². The SMILES string of the molecule is COc1ccc(C)cc1S(=O)(=O)N1CCC(C(=O)NCC(C)C)CC1. The number of amides is 1. The Bertz CT molecular complexity index is 708. The van der Waals surface area contributed by atoms with Gasteiger partial charge in [0.05, 0.1) is 7.11 Å². The predicted octanol–water partition coefficient (Wildman–Crippen LogP) is 2.18. The molecule has 6 nitrogen and oxygen atoms in total. The van der Waals surface area contributed by atoms with Gasteiger partial charge in [0.15, 0.2) is 0 Å². The van der Waals surface area contributed by atoms with Gasteiger partial charge in [-0.25, -0.2) is 8.42 Å². The summed E-state index contributed by atoms with van der Waals surface area (Å²) in [5.74, 6) is 0.657. The Morgan fingerprint density at radius 3 is 2.52 bits per heavy atom. The van der Waals surface area contributed by atoms with Crippen molar-refractivity contribution in [2.45, 2.75) is 38.5 Å². The van der Waals surface area contributed by atoms with Crippen molar-refractivity contribution in [1.82, 2.24) is 9.62 Å². The minimum absolute atomic E-state index is 0.0267. The highest BCUT2D eigenvalue weighted by Gasteiger charge is 2.33. The zero-order valence-electron chi connectivity index (χ0n) is 15.4. The topological polar surface area (TPSA) is 75.7 Å². The van der Waals surface area contributed by atoms with Gasteiger partial charge in [-0.2, -0.15) is 4.31 Å². The van der Waals surface area contributed by atoms with Crippen LogP contribution >= 0.6 is 0 Å². The smallest absolute Gasteiger partial charge is 0.246 e. The average Bonchev–Trinajstić information content (AvgIpc) is 2.59. The summed E-state index contributed by atoms with van der Waals surface area (Å²) in [7, 11) is -2.16. The molecule has 7 heteroatoms. The van der Waals surface area contributed by atoms with E-state index >= 15 is 0 Å². The fraction of sp³-hybridized carbons (Fsp3) is 0.611. The molecule has 0 saturated carbocycles. The summed E-state index contributed by atoms with van der Waals surface area (Å²) in [4.78, 5) is 12.4. The lowest BCUT2D eigenvalue weighted by molar-refractivity contribution is -0.126. The lowest BCUT2D eigenvalue weighted by atomic mass is 9.97. The lowest BCUT2D eigenvalue weighted by Crippen LogP contribution is -2.43. The molecule has 2 rings (SSSR count). The molecule has 1 aliphatic heterocycles. The minimum atomic E-state index is -3.63. The van der Waals surface area contributed by atoms with Crippen LogP contribution in [0.2, 0.25) is 0 Å². The fourth-order valence-corrected chi connectivity index (χ4v) is 4.64. The van der Waals surface area contributed by atoms with E-state index in [2.05, 4.69) is 5.32 Å². The number of benzene rings is 1. The molecule has 0 aromatic heterocycles. The summed E-state index contributed by atoms with van der Waals surface area (Å²) < 4.78 is 32.6. The fourth-order valence-electron chi connectivity index (χ4n) is 2.93. The molecular formula is C18H28N2O4S. The molecule has 0 atom stereocenters. The highest BCUT2D eigenvalue weighted by molar-refractivity contribution is 7.89. The first-order valence-corrected chi connectivity index (χ1v) is 10.1. The van der Waals surface area contributed by atoms with Crippen LogP contribution in [0.3, 0.4) is 0 Å². The molecule has 1 aliphatic rings. The lowest BCUT2D eigenvalue weighted by Gasteiger charge is -2.31. The molecule has 1 N–H and O–H groups in total. The molecule has 1 saturated heterocycles. The summed E-state index contributed by atoms with van der Waals surface area (Å²) in [6.07, 6.45) is 1.08. The molecule has 0 radical (unpaired) electrons. The van der Waals surface area contributed by atoms with Crippen molar-refractivity contribution in [3.63, 3.8) is 0 Å². The van der Waals surface area contributed by atoms with Crippen molar-refractivity contribution in [1.29, 1.82) is 0 Å². The van der Waals surface area contributed by atoms with Gasteiger partial charge >= 0.3 is 0 Å². The molecule has 1 aromatic rings. The number of carbonyl (C=O) groups is 1. The Hall–Kier alpha value is -1.60. The Morgan fingerprint density at radius 2 is 1.96 bits per heavy atom. The summed E-state index contributed by atoms with van der Waals surface area (Å²) in [5, 5.41) is 2.94. The second-order valence-electron chi connectivity index (χ2n) is 6.97. The first kappa shape index (κ1) is 19.7. The van der Waals surface area contributed by atoms with E-state index < -0.39 is 10.0 Å². The third-order valence-corrected chi connectivity index (χ3v) is 6.37. The van der Waals surface area contributed by atoms with Crippen LogP contribution in [0.15, 0.2) is 23.1 Å². The summed E-state index contributed by atoms with van der Waals surface area (Å²) >= 11 is 0. The predicted molar refractivity (Wildman–Crippen MR) is 97.1 cm³/mol. The monoisotopic (exact) mass is 368 g/mol. The first-order valence-electron chi connectivity index (χ1n) is 8.68. The molecule has 0 unspecified atom stereocenters. The Morgan fingerprint density at radius 1 is 1.32 bits per heavy atom. The molecular weight excluding hydrogens is 340 g/mol. The van der Waals surface area contributed by atoms with Crippen LogP contribution in [0.1, 0.15) is 32.3 Å². The quantitative estimate of drug-likeness (QED) is 0.835. The number of nitrogens with one attached hydrogen (secondary N) is 1. The third kappa shape index (κ3) is 4.73. The maximum absolute atomic E-state index is 13.0. The largest absolute Gasteiger partial charge is 0.495 e. The number of hydrogen-bond donors (Lipinski definition) is 1. The van der Waals surface area contributed by atoms with Gasteiger partial charge in [-0.15, -0.1) is 0 Å². The number of rotatable bonds is 6. The van der Waals surface area contributed by atoms with Crippen molar-refractivity contribution in [2.24, 2.45) is 11.8 Å². The van der Waals surface area contributed by atoms with Gasteiger partial charge in [-0.1, -0.05) is 19.9 Å². The van der Waals surface area contributed by atoms with E-state index in [9.17, 15) is 13.2 Å². The zero-order chi connectivity index (χ0) is 18.6. The Balaban J connectivity index is 2.07. The van der Waals surface area contributed by atoms with Crippen LogP contribution in [0, 0.1) is 18.8 Å². The minimum Gasteiger partial charge on any atom is -0.495 e. The number of aryl methyl sites for hydroxylation is 1. The highest BCUT2D eigenvalue weighted by atomic mass is 32.2. The van der Waals surface area contributed by atoms with Crippen LogP contribution < -0.4 is 10.1 Å². The van der Waals surface area contributed by atoms with E-state index in [-0.39, 0.29) is 16.7 Å². The van der Waals surface area contributed by atoms with Crippen molar-refractivity contribution in [3.05, 3.63) is 23.8 Å². The number of hydrogen-bond acceptors (Lipinski definition) is 4. The van der Waals surface area contributed by atoms with E-state index in [1.165, 1.54) is 11.4 Å². The maximum atomic E-state index is 13.0. The first-order chi connectivity index (χ1) is 11.8. The van der Waals surface area contributed by atoms with Gasteiger partial charge in [0, 0.05) is 25.6 Å². The normalized spacial score (nSPS) is 16.8. The molecule has 0 aliphatic carbocycles. The van der Waals surface area contributed by atoms with Gasteiger partial charge in [-0.05, 0) is 43.4 Å². The molecule has 1 amide bonds. The van der Waals surface area contributed by atoms with Gasteiger partial charge in [0.2, 0.25) is 15.9 Å². The second kappa shape index (κ2) is 8.19. The standard InChI is InChI=1S/C18H28N2O4S/c1-13(2)12-19-18(21)15-7-9-20(10-8-15)25(22,23)17-11-14(3)5-6-16(17)24-4/h5-6,11,13,15H,7-10,12H2,1-4H3,(H,19,21). The van der Waals surface area contributed by atoms with E-state index in [0.717, 1.165) is 5.56 Å². The van der Waals surface area contributed by atoms with E-state index in [1.807, 2.05) is 26.8 Å². The van der Waals surface area contributed by atoms with Crippen LogP contribution in [0.5, 0.6) is 5.75 Å². The molecule has 1 heterocycles. The summed E-state index contributed by atoms with van der Waals surface area (Å²) in [6.45, 7) is 7.29. The molecule has 0 spiro atoms. The molecule has 1 aromatic carbocycles. The van der Waals surface area contributed by atoms with Crippen molar-refractivity contribution >= 4 is 15.9 Å². The van der Waals surface area contributed by atoms with Gasteiger partial charge in [-0.3, -0.25) is 4.79 Å². The molecule has 1 fully saturated rings. The number of sulfonamides is 1.